The SMILES string of the molecule is COc1cc(OC)cc(C(=O)NC(C)c2ccc(C)o2)c1. The van der Waals surface area contributed by atoms with Gasteiger partial charge < -0.3 is 19.2 Å². The van der Waals surface area contributed by atoms with Crippen molar-refractivity contribution in [2.24, 2.45) is 0 Å². The van der Waals surface area contributed by atoms with E-state index in [4.69, 9.17) is 13.9 Å². The number of methoxy groups -OCH3 is 2. The molecule has 1 unspecified atom stereocenters. The van der Waals surface area contributed by atoms with Crippen molar-refractivity contribution in [2.45, 2.75) is 19.9 Å². The van der Waals surface area contributed by atoms with Gasteiger partial charge in [-0.1, -0.05) is 0 Å². The van der Waals surface area contributed by atoms with E-state index in [0.717, 1.165) is 11.5 Å². The van der Waals surface area contributed by atoms with Crippen LogP contribution in [0, 0.1) is 6.92 Å². The van der Waals surface area contributed by atoms with Crippen molar-refractivity contribution in [2.75, 3.05) is 14.2 Å². The molecule has 0 aliphatic rings. The molecule has 5 nitrogen and oxygen atoms in total. The molecule has 21 heavy (non-hydrogen) atoms. The van der Waals surface area contributed by atoms with E-state index in [1.54, 1.807) is 32.4 Å². The van der Waals surface area contributed by atoms with Gasteiger partial charge in [0, 0.05) is 11.6 Å². The highest BCUT2D eigenvalue weighted by atomic mass is 16.5. The fourth-order valence-electron chi connectivity index (χ4n) is 1.98. The molecule has 112 valence electrons. The predicted molar refractivity (Wildman–Crippen MR) is 78.9 cm³/mol. The molecule has 5 heteroatoms. The summed E-state index contributed by atoms with van der Waals surface area (Å²) in [6.45, 7) is 3.73. The molecule has 1 heterocycles. The highest BCUT2D eigenvalue weighted by Crippen LogP contribution is 2.23. The average molecular weight is 289 g/mol. The maximum absolute atomic E-state index is 12.3. The zero-order valence-corrected chi connectivity index (χ0v) is 12.6. The minimum Gasteiger partial charge on any atom is -0.497 e. The van der Waals surface area contributed by atoms with Gasteiger partial charge in [0.05, 0.1) is 20.3 Å². The molecular weight excluding hydrogens is 270 g/mol. The molecule has 1 atom stereocenters. The lowest BCUT2D eigenvalue weighted by Gasteiger charge is -2.13. The number of hydrogen-bond donors (Lipinski definition) is 1. The summed E-state index contributed by atoms with van der Waals surface area (Å²) in [5.41, 5.74) is 0.473. The van der Waals surface area contributed by atoms with Gasteiger partial charge in [-0.25, -0.2) is 0 Å². The summed E-state index contributed by atoms with van der Waals surface area (Å²) in [4.78, 5) is 12.3. The van der Waals surface area contributed by atoms with Crippen molar-refractivity contribution in [1.82, 2.24) is 5.32 Å². The minimum absolute atomic E-state index is 0.214. The summed E-state index contributed by atoms with van der Waals surface area (Å²) in [6, 6.07) is 8.55. The number of ether oxygens (including phenoxy) is 2. The smallest absolute Gasteiger partial charge is 0.252 e. The first-order valence-electron chi connectivity index (χ1n) is 6.63. The molecule has 0 bridgehead atoms. The quantitative estimate of drug-likeness (QED) is 0.918. The van der Waals surface area contributed by atoms with Crippen molar-refractivity contribution >= 4 is 5.91 Å². The lowest BCUT2D eigenvalue weighted by molar-refractivity contribution is 0.0934. The van der Waals surface area contributed by atoms with Crippen LogP contribution in [0.2, 0.25) is 0 Å². The topological polar surface area (TPSA) is 60.7 Å². The number of carbonyl (C=O) groups excluding carboxylic acids is 1. The number of hydrogen-bond acceptors (Lipinski definition) is 4. The van der Waals surface area contributed by atoms with Crippen LogP contribution in [-0.2, 0) is 0 Å². The Balaban J connectivity index is 2.16. The molecule has 0 saturated carbocycles. The van der Waals surface area contributed by atoms with Gasteiger partial charge in [-0.2, -0.15) is 0 Å². The molecule has 1 N–H and O–H groups in total. The van der Waals surface area contributed by atoms with Crippen LogP contribution in [0.5, 0.6) is 11.5 Å². The fourth-order valence-corrected chi connectivity index (χ4v) is 1.98. The number of carbonyl (C=O) groups is 1. The standard InChI is InChI=1S/C16H19NO4/c1-10-5-6-15(21-10)11(2)17-16(18)12-7-13(19-3)9-14(8-12)20-4/h5-9,11H,1-4H3,(H,17,18). The van der Waals surface area contributed by atoms with Crippen LogP contribution >= 0.6 is 0 Å². The molecule has 2 aromatic rings. The largest absolute Gasteiger partial charge is 0.497 e. The van der Waals surface area contributed by atoms with E-state index < -0.39 is 0 Å². The molecule has 1 aromatic carbocycles. The van der Waals surface area contributed by atoms with E-state index in [2.05, 4.69) is 5.32 Å². The Morgan fingerprint density at radius 1 is 1.14 bits per heavy atom. The summed E-state index contributed by atoms with van der Waals surface area (Å²) >= 11 is 0. The number of nitrogens with one attached hydrogen (secondary N) is 1. The lowest BCUT2D eigenvalue weighted by atomic mass is 10.1. The highest BCUT2D eigenvalue weighted by molar-refractivity contribution is 5.95. The van der Waals surface area contributed by atoms with Crippen LogP contribution in [0.4, 0.5) is 0 Å². The third-order valence-electron chi connectivity index (χ3n) is 3.15. The third-order valence-corrected chi connectivity index (χ3v) is 3.15. The first kappa shape index (κ1) is 15.0. The van der Waals surface area contributed by atoms with Gasteiger partial charge in [0.1, 0.15) is 23.0 Å². The Morgan fingerprint density at radius 2 is 1.76 bits per heavy atom. The second kappa shape index (κ2) is 6.35. The monoisotopic (exact) mass is 289 g/mol. The zero-order chi connectivity index (χ0) is 15.4. The van der Waals surface area contributed by atoms with Crippen LogP contribution in [0.1, 0.15) is 34.8 Å². The fraction of sp³-hybridized carbons (Fsp3) is 0.312. The maximum atomic E-state index is 12.3. The number of benzene rings is 1. The summed E-state index contributed by atoms with van der Waals surface area (Å²) in [5, 5.41) is 2.88. The second-order valence-corrected chi connectivity index (χ2v) is 4.74. The van der Waals surface area contributed by atoms with Crippen molar-refractivity contribution in [3.05, 3.63) is 47.4 Å². The van der Waals surface area contributed by atoms with Gasteiger partial charge >= 0.3 is 0 Å². The summed E-state index contributed by atoms with van der Waals surface area (Å²) in [5.74, 6) is 2.46. The van der Waals surface area contributed by atoms with Crippen LogP contribution in [0.25, 0.3) is 0 Å². The molecule has 0 radical (unpaired) electrons. The van der Waals surface area contributed by atoms with Crippen molar-refractivity contribution in [3.63, 3.8) is 0 Å². The molecule has 0 spiro atoms. The van der Waals surface area contributed by atoms with Crippen molar-refractivity contribution in [3.8, 4) is 11.5 Å². The molecule has 0 fully saturated rings. The molecule has 0 saturated heterocycles. The van der Waals surface area contributed by atoms with E-state index in [0.29, 0.717) is 17.1 Å². The maximum Gasteiger partial charge on any atom is 0.252 e. The van der Waals surface area contributed by atoms with Gasteiger partial charge in [0.15, 0.2) is 0 Å². The van der Waals surface area contributed by atoms with E-state index in [1.807, 2.05) is 26.0 Å². The van der Waals surface area contributed by atoms with E-state index in [-0.39, 0.29) is 11.9 Å². The first-order valence-corrected chi connectivity index (χ1v) is 6.63. The van der Waals surface area contributed by atoms with E-state index >= 15 is 0 Å². The molecular formula is C16H19NO4. The van der Waals surface area contributed by atoms with E-state index in [1.165, 1.54) is 0 Å². The molecule has 1 amide bonds. The van der Waals surface area contributed by atoms with Gasteiger partial charge in [0.2, 0.25) is 0 Å². The highest BCUT2D eigenvalue weighted by Gasteiger charge is 2.15. The summed E-state index contributed by atoms with van der Waals surface area (Å²) < 4.78 is 15.8. The summed E-state index contributed by atoms with van der Waals surface area (Å²) in [7, 11) is 3.09. The van der Waals surface area contributed by atoms with Crippen LogP contribution in [-0.4, -0.2) is 20.1 Å². The summed E-state index contributed by atoms with van der Waals surface area (Å²) in [6.07, 6.45) is 0. The van der Waals surface area contributed by atoms with Crippen LogP contribution in [0.3, 0.4) is 0 Å². The van der Waals surface area contributed by atoms with Gasteiger partial charge in [0.25, 0.3) is 5.91 Å². The Labute approximate surface area is 123 Å². The van der Waals surface area contributed by atoms with Crippen LogP contribution < -0.4 is 14.8 Å². The normalized spacial score (nSPS) is 11.8. The number of furan rings is 1. The Kier molecular flexibility index (Phi) is 4.52. The number of amides is 1. The Hall–Kier alpha value is -2.43. The van der Waals surface area contributed by atoms with Gasteiger partial charge in [-0.05, 0) is 38.1 Å². The van der Waals surface area contributed by atoms with E-state index in [9.17, 15) is 4.79 Å². The zero-order valence-electron chi connectivity index (χ0n) is 12.6. The Morgan fingerprint density at radius 3 is 2.24 bits per heavy atom. The predicted octanol–water partition coefficient (Wildman–Crippen LogP) is 3.10. The first-order chi connectivity index (χ1) is 10.0. The molecule has 0 aliphatic carbocycles. The third kappa shape index (κ3) is 3.56. The van der Waals surface area contributed by atoms with Crippen molar-refractivity contribution < 1.29 is 18.7 Å². The average Bonchev–Trinajstić information content (AvgIpc) is 2.93. The second-order valence-electron chi connectivity index (χ2n) is 4.74. The Bertz CT molecular complexity index is 611. The number of aryl methyl sites for hydroxylation is 1. The number of rotatable bonds is 5. The van der Waals surface area contributed by atoms with Crippen molar-refractivity contribution in [1.29, 1.82) is 0 Å². The molecule has 0 aliphatic heterocycles. The van der Waals surface area contributed by atoms with Gasteiger partial charge in [-0.15, -0.1) is 0 Å². The molecule has 2 rings (SSSR count). The van der Waals surface area contributed by atoms with Gasteiger partial charge in [-0.3, -0.25) is 4.79 Å². The van der Waals surface area contributed by atoms with Crippen LogP contribution in [0.15, 0.2) is 34.7 Å². The molecule has 1 aromatic heterocycles. The minimum atomic E-state index is -0.219. The lowest BCUT2D eigenvalue weighted by Crippen LogP contribution is -2.26.